The molecule has 0 bridgehead atoms. The second-order valence-electron chi connectivity index (χ2n) is 5.14. The Balaban J connectivity index is 2.24. The van der Waals surface area contributed by atoms with Crippen LogP contribution in [0, 0.1) is 12.8 Å². The molecule has 0 saturated heterocycles. The molecule has 0 unspecified atom stereocenters. The van der Waals surface area contributed by atoms with Crippen LogP contribution in [-0.4, -0.2) is 18.4 Å². The monoisotopic (exact) mass is 262 g/mol. The van der Waals surface area contributed by atoms with Gasteiger partial charge >= 0.3 is 0 Å². The summed E-state index contributed by atoms with van der Waals surface area (Å²) in [5.74, 6) is 0.0498. The Morgan fingerprint density at radius 1 is 1.05 bits per heavy atom. The average molecular weight is 262 g/mol. The molecule has 0 aliphatic heterocycles. The van der Waals surface area contributed by atoms with Crippen molar-refractivity contribution in [1.29, 1.82) is 0 Å². The molecule has 0 spiro atoms. The van der Waals surface area contributed by atoms with Crippen LogP contribution < -0.4 is 10.6 Å². The van der Waals surface area contributed by atoms with Gasteiger partial charge in [-0.2, -0.15) is 0 Å². The van der Waals surface area contributed by atoms with Crippen LogP contribution in [0.1, 0.15) is 31.4 Å². The molecule has 1 aromatic carbocycles. The van der Waals surface area contributed by atoms with E-state index in [-0.39, 0.29) is 18.4 Å². The first-order valence-electron chi connectivity index (χ1n) is 6.56. The molecule has 4 heteroatoms. The normalized spacial score (nSPS) is 10.3. The third-order valence-electron chi connectivity index (χ3n) is 2.65. The van der Waals surface area contributed by atoms with Gasteiger partial charge in [0.25, 0.3) is 0 Å². The molecule has 1 aromatic rings. The Kier molecular flexibility index (Phi) is 6.06. The molecule has 0 fully saturated rings. The zero-order valence-corrected chi connectivity index (χ0v) is 11.8. The zero-order valence-electron chi connectivity index (χ0n) is 11.8. The minimum Gasteiger partial charge on any atom is -0.350 e. The summed E-state index contributed by atoms with van der Waals surface area (Å²) in [6.45, 7) is 6.48. The van der Waals surface area contributed by atoms with Crippen molar-refractivity contribution in [2.24, 2.45) is 5.92 Å². The van der Waals surface area contributed by atoms with E-state index in [0.717, 1.165) is 5.56 Å². The van der Waals surface area contributed by atoms with E-state index in [1.807, 2.05) is 45.0 Å². The van der Waals surface area contributed by atoms with Crippen LogP contribution >= 0.6 is 0 Å². The number of carbonyl (C=O) groups is 2. The lowest BCUT2D eigenvalue weighted by atomic mass is 10.1. The van der Waals surface area contributed by atoms with E-state index in [0.29, 0.717) is 18.9 Å². The van der Waals surface area contributed by atoms with Crippen molar-refractivity contribution < 1.29 is 9.59 Å². The highest BCUT2D eigenvalue weighted by Crippen LogP contribution is 2.02. The first kappa shape index (κ1) is 15.2. The van der Waals surface area contributed by atoms with Crippen molar-refractivity contribution in [3.63, 3.8) is 0 Å². The van der Waals surface area contributed by atoms with E-state index in [1.54, 1.807) is 0 Å². The summed E-state index contributed by atoms with van der Waals surface area (Å²) in [5, 5.41) is 5.38. The number of aryl methyl sites for hydroxylation is 1. The zero-order chi connectivity index (χ0) is 14.3. The van der Waals surface area contributed by atoms with Gasteiger partial charge in [0, 0.05) is 13.0 Å². The molecule has 0 atom stereocenters. The molecule has 0 aliphatic rings. The van der Waals surface area contributed by atoms with Crippen LogP contribution in [0.15, 0.2) is 24.3 Å². The molecule has 0 heterocycles. The fraction of sp³-hybridized carbons (Fsp3) is 0.467. The first-order chi connectivity index (χ1) is 8.97. The van der Waals surface area contributed by atoms with E-state index in [1.165, 1.54) is 5.56 Å². The van der Waals surface area contributed by atoms with Gasteiger partial charge in [-0.25, -0.2) is 0 Å². The van der Waals surface area contributed by atoms with Crippen LogP contribution in [-0.2, 0) is 16.1 Å². The largest absolute Gasteiger partial charge is 0.350 e. The minimum atomic E-state index is -0.169. The van der Waals surface area contributed by atoms with Crippen LogP contribution in [0.5, 0.6) is 0 Å². The highest BCUT2D eigenvalue weighted by atomic mass is 16.2. The van der Waals surface area contributed by atoms with E-state index in [2.05, 4.69) is 10.6 Å². The number of hydrogen-bond donors (Lipinski definition) is 2. The third-order valence-corrected chi connectivity index (χ3v) is 2.65. The fourth-order valence-electron chi connectivity index (χ4n) is 1.59. The quantitative estimate of drug-likeness (QED) is 0.821. The van der Waals surface area contributed by atoms with Gasteiger partial charge in [0.05, 0.1) is 6.54 Å². The predicted molar refractivity (Wildman–Crippen MR) is 75.5 cm³/mol. The second-order valence-corrected chi connectivity index (χ2v) is 5.14. The highest BCUT2D eigenvalue weighted by Gasteiger charge is 2.07. The summed E-state index contributed by atoms with van der Waals surface area (Å²) in [6.07, 6.45) is 0.450. The van der Waals surface area contributed by atoms with Gasteiger partial charge in [-0.15, -0.1) is 0 Å². The molecule has 4 nitrogen and oxygen atoms in total. The van der Waals surface area contributed by atoms with Gasteiger partial charge in [-0.3, -0.25) is 9.59 Å². The Bertz CT molecular complexity index is 424. The fourth-order valence-corrected chi connectivity index (χ4v) is 1.59. The molecule has 0 saturated carbocycles. The Hall–Kier alpha value is -1.84. The molecule has 104 valence electrons. The summed E-state index contributed by atoms with van der Waals surface area (Å²) in [5.41, 5.74) is 2.24. The number of benzene rings is 1. The van der Waals surface area contributed by atoms with Crippen LogP contribution in [0.4, 0.5) is 0 Å². The number of nitrogens with one attached hydrogen (secondary N) is 2. The Morgan fingerprint density at radius 2 is 1.68 bits per heavy atom. The lowest BCUT2D eigenvalue weighted by Gasteiger charge is -2.08. The summed E-state index contributed by atoms with van der Waals surface area (Å²) in [7, 11) is 0. The lowest BCUT2D eigenvalue weighted by Crippen LogP contribution is -2.36. The maximum atomic E-state index is 11.5. The van der Waals surface area contributed by atoms with E-state index in [9.17, 15) is 9.59 Å². The van der Waals surface area contributed by atoms with Gasteiger partial charge in [-0.05, 0) is 18.4 Å². The molecular weight excluding hydrogens is 240 g/mol. The van der Waals surface area contributed by atoms with Crippen molar-refractivity contribution >= 4 is 11.8 Å². The molecule has 2 N–H and O–H groups in total. The van der Waals surface area contributed by atoms with Crippen molar-refractivity contribution in [3.05, 3.63) is 35.4 Å². The maximum Gasteiger partial charge on any atom is 0.239 e. The molecule has 19 heavy (non-hydrogen) atoms. The van der Waals surface area contributed by atoms with Gasteiger partial charge < -0.3 is 10.6 Å². The average Bonchev–Trinajstić information content (AvgIpc) is 2.35. The number of rotatable bonds is 6. The van der Waals surface area contributed by atoms with Gasteiger partial charge in [0.15, 0.2) is 0 Å². The van der Waals surface area contributed by atoms with E-state index in [4.69, 9.17) is 0 Å². The molecule has 0 radical (unpaired) electrons. The third kappa shape index (κ3) is 6.60. The summed E-state index contributed by atoms with van der Waals surface area (Å²) in [6, 6.07) is 7.97. The number of amides is 2. The molecule has 1 rings (SSSR count). The summed E-state index contributed by atoms with van der Waals surface area (Å²) in [4.78, 5) is 22.9. The smallest absolute Gasteiger partial charge is 0.239 e. The standard InChI is InChI=1S/C15H22N2O2/c1-11(2)8-14(18)17-10-15(19)16-9-13-6-4-12(3)5-7-13/h4-7,11H,8-10H2,1-3H3,(H,16,19)(H,17,18). The highest BCUT2D eigenvalue weighted by molar-refractivity contribution is 5.84. The minimum absolute atomic E-state index is 0.0391. The van der Waals surface area contributed by atoms with Crippen LogP contribution in [0.3, 0.4) is 0 Å². The van der Waals surface area contributed by atoms with Gasteiger partial charge in [-0.1, -0.05) is 43.7 Å². The van der Waals surface area contributed by atoms with Crippen molar-refractivity contribution in [2.45, 2.75) is 33.7 Å². The molecule has 2 amide bonds. The number of hydrogen-bond acceptors (Lipinski definition) is 2. The van der Waals surface area contributed by atoms with Crippen LogP contribution in [0.2, 0.25) is 0 Å². The predicted octanol–water partition coefficient (Wildman–Crippen LogP) is 1.77. The van der Waals surface area contributed by atoms with Crippen molar-refractivity contribution in [3.8, 4) is 0 Å². The SMILES string of the molecule is Cc1ccc(CNC(=O)CNC(=O)CC(C)C)cc1. The topological polar surface area (TPSA) is 58.2 Å². The Morgan fingerprint density at radius 3 is 2.26 bits per heavy atom. The summed E-state index contributed by atoms with van der Waals surface area (Å²) >= 11 is 0. The van der Waals surface area contributed by atoms with E-state index < -0.39 is 0 Å². The first-order valence-corrected chi connectivity index (χ1v) is 6.56. The van der Waals surface area contributed by atoms with Crippen molar-refractivity contribution in [1.82, 2.24) is 10.6 Å². The molecule has 0 aromatic heterocycles. The van der Waals surface area contributed by atoms with E-state index >= 15 is 0 Å². The van der Waals surface area contributed by atoms with Gasteiger partial charge in [0.2, 0.25) is 11.8 Å². The van der Waals surface area contributed by atoms with Gasteiger partial charge in [0.1, 0.15) is 0 Å². The maximum absolute atomic E-state index is 11.5. The second kappa shape index (κ2) is 7.56. The Labute approximate surface area is 114 Å². The van der Waals surface area contributed by atoms with Crippen LogP contribution in [0.25, 0.3) is 0 Å². The summed E-state index contributed by atoms with van der Waals surface area (Å²) < 4.78 is 0. The molecular formula is C15H22N2O2. The van der Waals surface area contributed by atoms with Crippen molar-refractivity contribution in [2.75, 3.05) is 6.54 Å². The molecule has 0 aliphatic carbocycles. The number of carbonyl (C=O) groups excluding carboxylic acids is 2. The lowest BCUT2D eigenvalue weighted by molar-refractivity contribution is -0.126.